The Balaban J connectivity index is 1.81. The molecule has 3 rings (SSSR count). The fraction of sp³-hybridized carbons (Fsp3) is 0.250. The van der Waals surface area contributed by atoms with Gasteiger partial charge in [-0.25, -0.2) is 4.98 Å². The van der Waals surface area contributed by atoms with E-state index in [1.807, 2.05) is 28.3 Å². The van der Waals surface area contributed by atoms with Crippen LogP contribution < -0.4 is 0 Å². The maximum absolute atomic E-state index is 5.07. The zero-order chi connectivity index (χ0) is 13.1. The van der Waals surface area contributed by atoms with E-state index in [9.17, 15) is 0 Å². The van der Waals surface area contributed by atoms with Gasteiger partial charge in [-0.1, -0.05) is 11.2 Å². The van der Waals surface area contributed by atoms with Crippen molar-refractivity contribution < 1.29 is 9.26 Å². The zero-order valence-electron chi connectivity index (χ0n) is 10.3. The summed E-state index contributed by atoms with van der Waals surface area (Å²) in [6.45, 7) is 0.856. The third kappa shape index (κ3) is 2.56. The number of aromatic nitrogens is 4. The van der Waals surface area contributed by atoms with Crippen LogP contribution in [0.1, 0.15) is 11.7 Å². The van der Waals surface area contributed by atoms with Crippen LogP contribution in [-0.2, 0) is 17.9 Å². The molecule has 0 unspecified atom stereocenters. The first-order chi connectivity index (χ1) is 9.36. The van der Waals surface area contributed by atoms with E-state index in [1.165, 1.54) is 0 Å². The van der Waals surface area contributed by atoms with E-state index in [1.54, 1.807) is 24.6 Å². The average Bonchev–Trinajstić information content (AvgIpc) is 3.11. The Kier molecular flexibility index (Phi) is 3.39. The number of hydrogen-bond donors (Lipinski definition) is 0. The minimum absolute atomic E-state index is 0.328. The van der Waals surface area contributed by atoms with E-state index < -0.39 is 0 Å². The van der Waals surface area contributed by atoms with E-state index >= 15 is 0 Å². The van der Waals surface area contributed by atoms with Gasteiger partial charge in [-0.15, -0.1) is 11.3 Å². The normalized spacial score (nSPS) is 11.0. The molecular formula is C12H12N4O2S. The van der Waals surface area contributed by atoms with Crippen LogP contribution in [0.4, 0.5) is 0 Å². The molecular weight excluding hydrogens is 264 g/mol. The molecule has 3 aromatic heterocycles. The minimum atomic E-state index is 0.328. The molecule has 98 valence electrons. The number of imidazole rings is 1. The SMILES string of the molecule is COCc1nc(Cn2ccnc2-c2cccs2)no1. The van der Waals surface area contributed by atoms with E-state index in [0.717, 1.165) is 10.7 Å². The Morgan fingerprint density at radius 2 is 2.42 bits per heavy atom. The van der Waals surface area contributed by atoms with Crippen LogP contribution in [0.3, 0.4) is 0 Å². The van der Waals surface area contributed by atoms with Gasteiger partial charge in [0.2, 0.25) is 0 Å². The fourth-order valence-electron chi connectivity index (χ4n) is 1.76. The van der Waals surface area contributed by atoms with E-state index in [0.29, 0.717) is 24.9 Å². The van der Waals surface area contributed by atoms with Crippen molar-refractivity contribution in [1.82, 2.24) is 19.7 Å². The van der Waals surface area contributed by atoms with Gasteiger partial charge in [0, 0.05) is 19.5 Å². The van der Waals surface area contributed by atoms with Crippen LogP contribution in [0, 0.1) is 0 Å². The molecule has 19 heavy (non-hydrogen) atoms. The van der Waals surface area contributed by atoms with Gasteiger partial charge in [0.1, 0.15) is 12.4 Å². The second-order valence-corrected chi connectivity index (χ2v) is 4.84. The lowest BCUT2D eigenvalue weighted by Crippen LogP contribution is -2.02. The maximum atomic E-state index is 5.07. The summed E-state index contributed by atoms with van der Waals surface area (Å²) in [5.74, 6) is 2.01. The number of hydrogen-bond acceptors (Lipinski definition) is 6. The Labute approximate surface area is 113 Å². The molecule has 0 saturated heterocycles. The molecule has 0 atom stereocenters. The standard InChI is InChI=1S/C12H12N4O2S/c1-17-8-11-14-10(15-18-11)7-16-5-4-13-12(16)9-3-2-6-19-9/h2-6H,7-8H2,1H3. The molecule has 0 aliphatic heterocycles. The van der Waals surface area contributed by atoms with Crippen LogP contribution in [0.15, 0.2) is 34.4 Å². The quantitative estimate of drug-likeness (QED) is 0.714. The summed E-state index contributed by atoms with van der Waals surface area (Å²) in [5, 5.41) is 5.95. The van der Waals surface area contributed by atoms with Crippen LogP contribution >= 0.6 is 11.3 Å². The van der Waals surface area contributed by atoms with Gasteiger partial charge >= 0.3 is 0 Å². The average molecular weight is 276 g/mol. The van der Waals surface area contributed by atoms with Crippen molar-refractivity contribution in [2.75, 3.05) is 7.11 Å². The molecule has 3 aromatic rings. The van der Waals surface area contributed by atoms with E-state index in [4.69, 9.17) is 9.26 Å². The van der Waals surface area contributed by atoms with Crippen LogP contribution in [0.25, 0.3) is 10.7 Å². The molecule has 0 radical (unpaired) electrons. The number of ether oxygens (including phenoxy) is 1. The molecule has 0 amide bonds. The highest BCUT2D eigenvalue weighted by atomic mass is 32.1. The molecule has 3 heterocycles. The summed E-state index contributed by atoms with van der Waals surface area (Å²) in [7, 11) is 1.59. The summed E-state index contributed by atoms with van der Waals surface area (Å²) in [6, 6.07) is 4.04. The molecule has 0 saturated carbocycles. The molecule has 6 nitrogen and oxygen atoms in total. The van der Waals surface area contributed by atoms with E-state index in [2.05, 4.69) is 15.1 Å². The van der Waals surface area contributed by atoms with Gasteiger partial charge < -0.3 is 13.8 Å². The monoisotopic (exact) mass is 276 g/mol. The molecule has 0 aromatic carbocycles. The van der Waals surface area contributed by atoms with Crippen molar-refractivity contribution in [2.45, 2.75) is 13.2 Å². The van der Waals surface area contributed by atoms with Crippen molar-refractivity contribution in [3.63, 3.8) is 0 Å². The second kappa shape index (κ2) is 5.33. The molecule has 0 bridgehead atoms. The summed E-state index contributed by atoms with van der Waals surface area (Å²) < 4.78 is 12.0. The predicted octanol–water partition coefficient (Wildman–Crippen LogP) is 2.19. The number of methoxy groups -OCH3 is 1. The lowest BCUT2D eigenvalue weighted by Gasteiger charge is -2.02. The highest BCUT2D eigenvalue weighted by molar-refractivity contribution is 7.13. The Hall–Kier alpha value is -1.99. The number of thiophene rings is 1. The smallest absolute Gasteiger partial charge is 0.252 e. The van der Waals surface area contributed by atoms with Gasteiger partial charge in [-0.2, -0.15) is 4.98 Å². The van der Waals surface area contributed by atoms with Crippen molar-refractivity contribution in [3.05, 3.63) is 41.6 Å². The highest BCUT2D eigenvalue weighted by Gasteiger charge is 2.11. The fourth-order valence-corrected chi connectivity index (χ4v) is 2.49. The summed E-state index contributed by atoms with van der Waals surface area (Å²) in [6.07, 6.45) is 3.67. The highest BCUT2D eigenvalue weighted by Crippen LogP contribution is 2.23. The van der Waals surface area contributed by atoms with Gasteiger partial charge in [0.05, 0.1) is 11.4 Å². The van der Waals surface area contributed by atoms with Crippen LogP contribution in [0.2, 0.25) is 0 Å². The van der Waals surface area contributed by atoms with Crippen LogP contribution in [0.5, 0.6) is 0 Å². The number of nitrogens with zero attached hydrogens (tertiary/aromatic N) is 4. The van der Waals surface area contributed by atoms with Crippen molar-refractivity contribution in [3.8, 4) is 10.7 Å². The minimum Gasteiger partial charge on any atom is -0.375 e. The van der Waals surface area contributed by atoms with Gasteiger partial charge in [0.25, 0.3) is 5.89 Å². The Bertz CT molecular complexity index is 644. The second-order valence-electron chi connectivity index (χ2n) is 3.89. The lowest BCUT2D eigenvalue weighted by molar-refractivity contribution is 0.151. The topological polar surface area (TPSA) is 66.0 Å². The first-order valence-corrected chi connectivity index (χ1v) is 6.60. The molecule has 0 aliphatic rings. The van der Waals surface area contributed by atoms with Crippen molar-refractivity contribution >= 4 is 11.3 Å². The largest absolute Gasteiger partial charge is 0.375 e. The third-order valence-electron chi connectivity index (χ3n) is 2.55. The van der Waals surface area contributed by atoms with E-state index in [-0.39, 0.29) is 0 Å². The lowest BCUT2D eigenvalue weighted by atomic mass is 10.4. The molecule has 0 spiro atoms. The van der Waals surface area contributed by atoms with Crippen LogP contribution in [-0.4, -0.2) is 26.8 Å². The molecule has 0 N–H and O–H groups in total. The van der Waals surface area contributed by atoms with Crippen molar-refractivity contribution in [2.24, 2.45) is 0 Å². The first kappa shape index (κ1) is 12.1. The van der Waals surface area contributed by atoms with Gasteiger partial charge in [-0.3, -0.25) is 0 Å². The molecule has 0 aliphatic carbocycles. The Morgan fingerprint density at radius 3 is 3.21 bits per heavy atom. The first-order valence-electron chi connectivity index (χ1n) is 5.72. The third-order valence-corrected chi connectivity index (χ3v) is 3.41. The maximum Gasteiger partial charge on any atom is 0.252 e. The Morgan fingerprint density at radius 1 is 1.47 bits per heavy atom. The molecule has 7 heteroatoms. The summed E-state index contributed by atoms with van der Waals surface area (Å²) in [4.78, 5) is 9.73. The molecule has 0 fully saturated rings. The van der Waals surface area contributed by atoms with Crippen molar-refractivity contribution in [1.29, 1.82) is 0 Å². The van der Waals surface area contributed by atoms with Gasteiger partial charge in [-0.05, 0) is 11.4 Å². The summed E-state index contributed by atoms with van der Waals surface area (Å²) in [5.41, 5.74) is 0. The predicted molar refractivity (Wildman–Crippen MR) is 69.7 cm³/mol. The van der Waals surface area contributed by atoms with Gasteiger partial charge in [0.15, 0.2) is 5.82 Å². The zero-order valence-corrected chi connectivity index (χ0v) is 11.1. The number of rotatable bonds is 5. The summed E-state index contributed by atoms with van der Waals surface area (Å²) >= 11 is 1.65.